The van der Waals surface area contributed by atoms with Crippen LogP contribution in [0.5, 0.6) is 5.75 Å². The Morgan fingerprint density at radius 2 is 1.97 bits per heavy atom. The summed E-state index contributed by atoms with van der Waals surface area (Å²) in [6, 6.07) is 10.6. The van der Waals surface area contributed by atoms with Crippen LogP contribution < -0.4 is 9.04 Å². The predicted molar refractivity (Wildman–Crippen MR) is 119 cm³/mol. The van der Waals surface area contributed by atoms with Gasteiger partial charge in [0, 0.05) is 25.8 Å². The monoisotopic (exact) mass is 468 g/mol. The summed E-state index contributed by atoms with van der Waals surface area (Å²) >= 11 is 5.87. The number of pyridine rings is 1. The molecule has 0 unspecified atom stereocenters. The maximum absolute atomic E-state index is 12.7. The number of nitrogens with zero attached hydrogens (tertiary/aromatic N) is 4. The number of aromatic nitrogens is 1. The molecule has 0 bridgehead atoms. The van der Waals surface area contributed by atoms with E-state index in [2.05, 4.69) is 10.1 Å². The van der Waals surface area contributed by atoms with Crippen LogP contribution in [0.1, 0.15) is 12.5 Å². The SMILES string of the molecule is CCO/N=C/c1ccc(OCCOCCN2CCN(c3ccnc(Cl)c3)S2(=O)=O)cc1. The molecular formula is C20H25ClN4O5S. The lowest BCUT2D eigenvalue weighted by molar-refractivity contribution is 0.0937. The second-order valence-corrected chi connectivity index (χ2v) is 8.74. The smallest absolute Gasteiger partial charge is 0.304 e. The molecule has 11 heteroatoms. The van der Waals surface area contributed by atoms with Gasteiger partial charge in [-0.25, -0.2) is 4.98 Å². The van der Waals surface area contributed by atoms with Crippen molar-refractivity contribution in [2.45, 2.75) is 6.92 Å². The minimum absolute atomic E-state index is 0.253. The molecule has 9 nitrogen and oxygen atoms in total. The van der Waals surface area contributed by atoms with E-state index in [1.54, 1.807) is 12.3 Å². The summed E-state index contributed by atoms with van der Waals surface area (Å²) < 4.78 is 39.3. The van der Waals surface area contributed by atoms with Gasteiger partial charge >= 0.3 is 10.2 Å². The molecule has 3 rings (SSSR count). The molecule has 0 spiro atoms. The van der Waals surface area contributed by atoms with Crippen LogP contribution in [0.2, 0.25) is 5.15 Å². The number of anilines is 1. The topological polar surface area (TPSA) is 93.6 Å². The zero-order valence-electron chi connectivity index (χ0n) is 17.2. The molecule has 0 atom stereocenters. The molecule has 2 aromatic rings. The highest BCUT2D eigenvalue weighted by Crippen LogP contribution is 2.26. The van der Waals surface area contributed by atoms with Gasteiger partial charge in [-0.1, -0.05) is 16.8 Å². The minimum atomic E-state index is -3.60. The van der Waals surface area contributed by atoms with Crippen LogP contribution in [-0.4, -0.2) is 70.0 Å². The van der Waals surface area contributed by atoms with Crippen molar-refractivity contribution in [2.75, 3.05) is 50.4 Å². The Balaban J connectivity index is 1.36. The van der Waals surface area contributed by atoms with Crippen molar-refractivity contribution in [3.05, 3.63) is 53.3 Å². The van der Waals surface area contributed by atoms with Crippen molar-refractivity contribution < 1.29 is 22.7 Å². The fraction of sp³-hybridized carbons (Fsp3) is 0.400. The molecule has 1 saturated heterocycles. The third kappa shape index (κ3) is 6.54. The molecule has 0 saturated carbocycles. The van der Waals surface area contributed by atoms with Gasteiger partial charge in [-0.3, -0.25) is 4.31 Å². The van der Waals surface area contributed by atoms with Crippen molar-refractivity contribution in [3.63, 3.8) is 0 Å². The van der Waals surface area contributed by atoms with E-state index in [1.165, 1.54) is 20.9 Å². The largest absolute Gasteiger partial charge is 0.491 e. The molecule has 1 fully saturated rings. The van der Waals surface area contributed by atoms with Crippen molar-refractivity contribution in [3.8, 4) is 5.75 Å². The van der Waals surface area contributed by atoms with E-state index in [-0.39, 0.29) is 18.3 Å². The molecule has 168 valence electrons. The Hall–Kier alpha value is -2.40. The highest BCUT2D eigenvalue weighted by molar-refractivity contribution is 7.90. The molecular weight excluding hydrogens is 444 g/mol. The van der Waals surface area contributed by atoms with Gasteiger partial charge in [0.05, 0.1) is 25.1 Å². The number of hydrogen-bond acceptors (Lipinski definition) is 7. The van der Waals surface area contributed by atoms with Gasteiger partial charge in [0.25, 0.3) is 0 Å². The molecule has 1 aliphatic rings. The summed E-state index contributed by atoms with van der Waals surface area (Å²) in [4.78, 5) is 8.81. The standard InChI is InChI=1S/C20H25ClN4O5S/c1-2-30-23-16-17-3-5-19(6-4-17)29-14-13-28-12-11-24-9-10-25(31(24,26)27)18-7-8-22-20(21)15-18/h3-8,15-16H,2,9-14H2,1H3/b23-16+. The number of oxime groups is 1. The number of ether oxygens (including phenoxy) is 2. The van der Waals surface area contributed by atoms with Crippen LogP contribution in [-0.2, 0) is 19.8 Å². The Labute approximate surface area is 187 Å². The lowest BCUT2D eigenvalue weighted by Gasteiger charge is -2.20. The summed E-state index contributed by atoms with van der Waals surface area (Å²) in [6.45, 7) is 4.41. The molecule has 1 aliphatic heterocycles. The van der Waals surface area contributed by atoms with E-state index in [4.69, 9.17) is 25.9 Å². The van der Waals surface area contributed by atoms with Gasteiger partial charge in [-0.15, -0.1) is 0 Å². The van der Waals surface area contributed by atoms with Crippen LogP contribution in [0.15, 0.2) is 47.8 Å². The highest BCUT2D eigenvalue weighted by Gasteiger charge is 2.36. The first-order valence-corrected chi connectivity index (χ1v) is 11.6. The van der Waals surface area contributed by atoms with Gasteiger partial charge in [0.2, 0.25) is 0 Å². The van der Waals surface area contributed by atoms with Gasteiger partial charge < -0.3 is 14.3 Å². The van der Waals surface area contributed by atoms with Crippen molar-refractivity contribution in [2.24, 2.45) is 5.16 Å². The van der Waals surface area contributed by atoms with E-state index in [0.717, 1.165) is 5.56 Å². The zero-order valence-corrected chi connectivity index (χ0v) is 18.8. The van der Waals surface area contributed by atoms with Crippen LogP contribution in [0.4, 0.5) is 5.69 Å². The maximum atomic E-state index is 12.7. The van der Waals surface area contributed by atoms with Gasteiger partial charge in [0.1, 0.15) is 24.1 Å². The predicted octanol–water partition coefficient (Wildman–Crippen LogP) is 2.57. The Morgan fingerprint density at radius 1 is 1.16 bits per heavy atom. The first-order valence-electron chi connectivity index (χ1n) is 9.86. The highest BCUT2D eigenvalue weighted by atomic mass is 35.5. The molecule has 0 radical (unpaired) electrons. The summed E-state index contributed by atoms with van der Waals surface area (Å²) in [5.41, 5.74) is 1.42. The summed E-state index contributed by atoms with van der Waals surface area (Å²) in [7, 11) is -3.60. The second kappa shape index (κ2) is 11.3. The Kier molecular flexibility index (Phi) is 8.47. The number of hydrogen-bond donors (Lipinski definition) is 0. The zero-order chi connectivity index (χ0) is 22.1. The summed E-state index contributed by atoms with van der Waals surface area (Å²) in [5.74, 6) is 0.714. The van der Waals surface area contributed by atoms with Crippen molar-refractivity contribution >= 4 is 33.7 Å². The Bertz CT molecular complexity index is 972. The average Bonchev–Trinajstić information content (AvgIpc) is 3.05. The van der Waals surface area contributed by atoms with Crippen molar-refractivity contribution in [1.29, 1.82) is 0 Å². The first-order chi connectivity index (χ1) is 15.0. The van der Waals surface area contributed by atoms with Crippen LogP contribution >= 0.6 is 11.6 Å². The molecule has 0 amide bonds. The molecule has 1 aromatic heterocycles. The molecule has 2 heterocycles. The molecule has 31 heavy (non-hydrogen) atoms. The van der Waals surface area contributed by atoms with Gasteiger partial charge in [-0.2, -0.15) is 12.7 Å². The lowest BCUT2D eigenvalue weighted by Crippen LogP contribution is -2.35. The minimum Gasteiger partial charge on any atom is -0.491 e. The van der Waals surface area contributed by atoms with E-state index in [9.17, 15) is 8.42 Å². The summed E-state index contributed by atoms with van der Waals surface area (Å²) in [6.07, 6.45) is 3.12. The molecule has 1 aromatic carbocycles. The fourth-order valence-corrected chi connectivity index (χ4v) is 4.68. The van der Waals surface area contributed by atoms with Gasteiger partial charge in [-0.05, 0) is 48.9 Å². The molecule has 0 N–H and O–H groups in total. The second-order valence-electron chi connectivity index (χ2n) is 6.50. The molecule has 0 aliphatic carbocycles. The van der Waals surface area contributed by atoms with Crippen LogP contribution in [0.25, 0.3) is 0 Å². The van der Waals surface area contributed by atoms with Crippen molar-refractivity contribution in [1.82, 2.24) is 9.29 Å². The van der Waals surface area contributed by atoms with Crippen LogP contribution in [0, 0.1) is 0 Å². The number of benzene rings is 1. The number of halogens is 1. The van der Waals surface area contributed by atoms with E-state index in [1.807, 2.05) is 31.2 Å². The van der Waals surface area contributed by atoms with E-state index in [0.29, 0.717) is 44.3 Å². The lowest BCUT2D eigenvalue weighted by atomic mass is 10.2. The van der Waals surface area contributed by atoms with E-state index < -0.39 is 10.2 Å². The number of rotatable bonds is 11. The van der Waals surface area contributed by atoms with Crippen LogP contribution in [0.3, 0.4) is 0 Å². The fourth-order valence-electron chi connectivity index (χ4n) is 2.92. The normalized spacial score (nSPS) is 16.1. The quantitative estimate of drug-likeness (QED) is 0.218. The third-order valence-corrected chi connectivity index (χ3v) is 6.60. The average molecular weight is 469 g/mol. The summed E-state index contributed by atoms with van der Waals surface area (Å²) in [5, 5.41) is 4.06. The third-order valence-electron chi connectivity index (χ3n) is 4.42. The first kappa shape index (κ1) is 23.3. The maximum Gasteiger partial charge on any atom is 0.304 e. The van der Waals surface area contributed by atoms with E-state index >= 15 is 0 Å². The van der Waals surface area contributed by atoms with Gasteiger partial charge in [0.15, 0.2) is 0 Å². The Morgan fingerprint density at radius 3 is 2.71 bits per heavy atom.